The van der Waals surface area contributed by atoms with Crippen molar-refractivity contribution < 1.29 is 4.74 Å². The fourth-order valence-corrected chi connectivity index (χ4v) is 3.71. The highest BCUT2D eigenvalue weighted by molar-refractivity contribution is 6.04. The molecule has 0 aliphatic carbocycles. The maximum Gasteiger partial charge on any atom is 0.265 e. The van der Waals surface area contributed by atoms with Crippen LogP contribution in [0.4, 0.5) is 5.95 Å². The van der Waals surface area contributed by atoms with Gasteiger partial charge in [-0.2, -0.15) is 10.1 Å². The molecular formula is C25H30N6O. The molecule has 0 saturated heterocycles. The summed E-state index contributed by atoms with van der Waals surface area (Å²) in [5.41, 5.74) is 6.69. The molecule has 4 aromatic rings. The number of aryl methyl sites for hydroxylation is 1. The van der Waals surface area contributed by atoms with E-state index in [1.54, 1.807) is 6.21 Å². The Labute approximate surface area is 188 Å². The Morgan fingerprint density at radius 3 is 2.62 bits per heavy atom. The molecule has 0 saturated carbocycles. The molecule has 0 aliphatic rings. The van der Waals surface area contributed by atoms with Crippen molar-refractivity contribution >= 4 is 34.2 Å². The molecule has 4 rings (SSSR count). The first-order valence-electron chi connectivity index (χ1n) is 11.4. The highest BCUT2D eigenvalue weighted by Crippen LogP contribution is 2.27. The fraction of sp³-hybridized carbons (Fsp3) is 0.360. The van der Waals surface area contributed by atoms with Crippen LogP contribution in [-0.2, 0) is 6.54 Å². The third-order valence-electron chi connectivity index (χ3n) is 5.34. The summed E-state index contributed by atoms with van der Waals surface area (Å²) >= 11 is 0. The molecular weight excluding hydrogens is 400 g/mol. The van der Waals surface area contributed by atoms with Gasteiger partial charge in [-0.05, 0) is 48.7 Å². The van der Waals surface area contributed by atoms with E-state index in [2.05, 4.69) is 57.3 Å². The summed E-state index contributed by atoms with van der Waals surface area (Å²) < 4.78 is 7.86. The van der Waals surface area contributed by atoms with Gasteiger partial charge in [0.05, 0.1) is 18.3 Å². The van der Waals surface area contributed by atoms with Crippen molar-refractivity contribution in [3.05, 3.63) is 54.1 Å². The summed E-state index contributed by atoms with van der Waals surface area (Å²) in [6.07, 6.45) is 7.51. The Kier molecular flexibility index (Phi) is 7.27. The summed E-state index contributed by atoms with van der Waals surface area (Å²) in [7, 11) is 0. The van der Waals surface area contributed by atoms with E-state index in [-0.39, 0.29) is 0 Å². The molecule has 0 radical (unpaired) electrons. The maximum atomic E-state index is 5.61. The van der Waals surface area contributed by atoms with Gasteiger partial charge in [-0.25, -0.2) is 5.43 Å². The van der Waals surface area contributed by atoms with Gasteiger partial charge in [0.1, 0.15) is 11.3 Å². The SMILES string of the molecule is CCCCCCn1c2ccccc2c2nnc(N/N=C/c3ccc(OCCC)cc3)nc21. The molecule has 2 aromatic heterocycles. The normalized spacial score (nSPS) is 11.6. The van der Waals surface area contributed by atoms with Crippen LogP contribution in [0.5, 0.6) is 5.75 Å². The third kappa shape index (κ3) is 5.04. The van der Waals surface area contributed by atoms with E-state index in [9.17, 15) is 0 Å². The molecule has 0 amide bonds. The van der Waals surface area contributed by atoms with Crippen molar-refractivity contribution in [3.8, 4) is 5.75 Å². The number of nitrogens with one attached hydrogen (secondary N) is 1. The molecule has 32 heavy (non-hydrogen) atoms. The minimum absolute atomic E-state index is 0.384. The number of rotatable bonds is 11. The zero-order chi connectivity index (χ0) is 22.2. The third-order valence-corrected chi connectivity index (χ3v) is 5.34. The van der Waals surface area contributed by atoms with E-state index in [1.807, 2.05) is 30.3 Å². The number of anilines is 1. The number of nitrogens with zero attached hydrogens (tertiary/aromatic N) is 5. The van der Waals surface area contributed by atoms with Crippen LogP contribution in [0, 0.1) is 0 Å². The van der Waals surface area contributed by atoms with Crippen molar-refractivity contribution in [2.24, 2.45) is 5.10 Å². The molecule has 2 aromatic carbocycles. The molecule has 0 bridgehead atoms. The quantitative estimate of drug-likeness (QED) is 0.185. The Balaban J connectivity index is 1.52. The number of unbranched alkanes of at least 4 members (excludes halogenated alkanes) is 3. The predicted octanol–water partition coefficient (Wildman–Crippen LogP) is 5.79. The van der Waals surface area contributed by atoms with Crippen molar-refractivity contribution in [2.75, 3.05) is 12.0 Å². The minimum atomic E-state index is 0.384. The zero-order valence-electron chi connectivity index (χ0n) is 18.8. The molecule has 0 atom stereocenters. The lowest BCUT2D eigenvalue weighted by atomic mass is 10.2. The molecule has 0 spiro atoms. The summed E-state index contributed by atoms with van der Waals surface area (Å²) in [4.78, 5) is 4.73. The maximum absolute atomic E-state index is 5.61. The average Bonchev–Trinajstić information content (AvgIpc) is 3.14. The van der Waals surface area contributed by atoms with Crippen molar-refractivity contribution in [2.45, 2.75) is 52.5 Å². The van der Waals surface area contributed by atoms with Gasteiger partial charge in [0, 0.05) is 11.9 Å². The second-order valence-electron chi connectivity index (χ2n) is 7.82. The smallest absolute Gasteiger partial charge is 0.265 e. The van der Waals surface area contributed by atoms with Gasteiger partial charge in [-0.15, -0.1) is 10.2 Å². The van der Waals surface area contributed by atoms with Crippen molar-refractivity contribution in [1.29, 1.82) is 0 Å². The van der Waals surface area contributed by atoms with Gasteiger partial charge in [0.25, 0.3) is 5.95 Å². The Hall–Kier alpha value is -3.48. The number of fused-ring (bicyclic) bond motifs is 3. The van der Waals surface area contributed by atoms with E-state index in [1.165, 1.54) is 19.3 Å². The van der Waals surface area contributed by atoms with Crippen LogP contribution in [0.25, 0.3) is 22.1 Å². The van der Waals surface area contributed by atoms with Crippen LogP contribution in [0.2, 0.25) is 0 Å². The van der Waals surface area contributed by atoms with Crippen LogP contribution in [0.15, 0.2) is 53.6 Å². The van der Waals surface area contributed by atoms with E-state index in [0.29, 0.717) is 5.95 Å². The van der Waals surface area contributed by atoms with E-state index in [4.69, 9.17) is 9.72 Å². The lowest BCUT2D eigenvalue weighted by Gasteiger charge is -2.06. The Morgan fingerprint density at radius 2 is 1.81 bits per heavy atom. The fourth-order valence-electron chi connectivity index (χ4n) is 3.71. The number of hydrogen-bond donors (Lipinski definition) is 1. The molecule has 0 unspecified atom stereocenters. The van der Waals surface area contributed by atoms with Gasteiger partial charge >= 0.3 is 0 Å². The van der Waals surface area contributed by atoms with E-state index in [0.717, 1.165) is 59.4 Å². The Bertz CT molecular complexity index is 1180. The first-order chi connectivity index (χ1) is 15.8. The van der Waals surface area contributed by atoms with Crippen LogP contribution in [0.1, 0.15) is 51.5 Å². The second kappa shape index (κ2) is 10.7. The Morgan fingerprint density at radius 1 is 0.969 bits per heavy atom. The van der Waals surface area contributed by atoms with Gasteiger partial charge in [0.2, 0.25) is 0 Å². The topological polar surface area (TPSA) is 77.2 Å². The summed E-state index contributed by atoms with van der Waals surface area (Å²) in [6.45, 7) is 5.95. The van der Waals surface area contributed by atoms with E-state index >= 15 is 0 Å². The van der Waals surface area contributed by atoms with E-state index < -0.39 is 0 Å². The van der Waals surface area contributed by atoms with Gasteiger partial charge in [-0.3, -0.25) is 0 Å². The van der Waals surface area contributed by atoms with Crippen LogP contribution in [0.3, 0.4) is 0 Å². The summed E-state index contributed by atoms with van der Waals surface area (Å²) in [6, 6.07) is 16.1. The molecule has 0 aliphatic heterocycles. The monoisotopic (exact) mass is 430 g/mol. The number of hydrazone groups is 1. The van der Waals surface area contributed by atoms with Crippen LogP contribution in [-0.4, -0.2) is 32.6 Å². The second-order valence-corrected chi connectivity index (χ2v) is 7.82. The molecule has 2 heterocycles. The van der Waals surface area contributed by atoms with Crippen LogP contribution >= 0.6 is 0 Å². The molecule has 7 heteroatoms. The van der Waals surface area contributed by atoms with Gasteiger partial charge < -0.3 is 9.30 Å². The van der Waals surface area contributed by atoms with Crippen molar-refractivity contribution in [1.82, 2.24) is 19.7 Å². The van der Waals surface area contributed by atoms with Crippen LogP contribution < -0.4 is 10.2 Å². The number of hydrogen-bond acceptors (Lipinski definition) is 6. The van der Waals surface area contributed by atoms with Gasteiger partial charge in [-0.1, -0.05) is 51.3 Å². The molecule has 7 nitrogen and oxygen atoms in total. The summed E-state index contributed by atoms with van der Waals surface area (Å²) in [5, 5.41) is 14.1. The molecule has 166 valence electrons. The number of ether oxygens (including phenoxy) is 1. The zero-order valence-corrected chi connectivity index (χ0v) is 18.8. The molecule has 0 fully saturated rings. The summed E-state index contributed by atoms with van der Waals surface area (Å²) in [5.74, 6) is 1.25. The first-order valence-corrected chi connectivity index (χ1v) is 11.4. The standard InChI is InChI=1S/C25H30N6O/c1-3-5-6-9-16-31-22-11-8-7-10-21(22)23-24(31)27-25(30-28-23)29-26-18-19-12-14-20(15-13-19)32-17-4-2/h7-8,10-15,18H,3-6,9,16-17H2,1-2H3,(H,27,29,30)/b26-18+. The molecule has 1 N–H and O–H groups in total. The highest BCUT2D eigenvalue weighted by Gasteiger charge is 2.14. The largest absolute Gasteiger partial charge is 0.494 e. The predicted molar refractivity (Wildman–Crippen MR) is 130 cm³/mol. The lowest BCUT2D eigenvalue weighted by Crippen LogP contribution is -2.03. The van der Waals surface area contributed by atoms with Crippen molar-refractivity contribution in [3.63, 3.8) is 0 Å². The number of aromatic nitrogens is 4. The number of para-hydroxylation sites is 1. The first kappa shape index (κ1) is 21.7. The number of benzene rings is 2. The highest BCUT2D eigenvalue weighted by atomic mass is 16.5. The lowest BCUT2D eigenvalue weighted by molar-refractivity contribution is 0.317. The minimum Gasteiger partial charge on any atom is -0.494 e. The average molecular weight is 431 g/mol. The van der Waals surface area contributed by atoms with Gasteiger partial charge in [0.15, 0.2) is 5.65 Å².